The molecule has 1 amide bonds. The first-order valence-corrected chi connectivity index (χ1v) is 9.06. The normalized spacial score (nSPS) is 11.6. The van der Waals surface area contributed by atoms with E-state index in [0.717, 1.165) is 10.6 Å². The lowest BCUT2D eigenvalue weighted by Gasteiger charge is -2.21. The van der Waals surface area contributed by atoms with E-state index >= 15 is 0 Å². The van der Waals surface area contributed by atoms with E-state index in [0.29, 0.717) is 17.8 Å². The van der Waals surface area contributed by atoms with Crippen LogP contribution in [0.1, 0.15) is 10.4 Å². The van der Waals surface area contributed by atoms with Crippen LogP contribution in [0.25, 0.3) is 0 Å². The topological polar surface area (TPSA) is 96.0 Å². The van der Waals surface area contributed by atoms with Gasteiger partial charge in [-0.1, -0.05) is 6.07 Å². The van der Waals surface area contributed by atoms with Crippen LogP contribution in [-0.4, -0.2) is 76.6 Å². The van der Waals surface area contributed by atoms with Crippen molar-refractivity contribution in [1.29, 1.82) is 0 Å². The zero-order chi connectivity index (χ0) is 18.3. The van der Waals surface area contributed by atoms with Crippen molar-refractivity contribution < 1.29 is 22.7 Å². The van der Waals surface area contributed by atoms with Gasteiger partial charge in [0, 0.05) is 18.8 Å². The second kappa shape index (κ2) is 8.76. The summed E-state index contributed by atoms with van der Waals surface area (Å²) < 4.78 is 29.3. The SMILES string of the molecule is COC(=O)c1cccc(NC(=O)CN(CCN(C)C)S(C)(=O)=O)c1. The van der Waals surface area contributed by atoms with Crippen LogP contribution in [0.3, 0.4) is 0 Å². The van der Waals surface area contributed by atoms with E-state index in [9.17, 15) is 18.0 Å². The Labute approximate surface area is 142 Å². The number of esters is 1. The summed E-state index contributed by atoms with van der Waals surface area (Å²) in [7, 11) is 1.40. The van der Waals surface area contributed by atoms with Gasteiger partial charge >= 0.3 is 5.97 Å². The summed E-state index contributed by atoms with van der Waals surface area (Å²) in [6.45, 7) is 0.411. The average Bonchev–Trinajstić information content (AvgIpc) is 2.49. The molecule has 0 saturated carbocycles. The Balaban J connectivity index is 2.77. The minimum atomic E-state index is -3.50. The molecule has 0 unspecified atom stereocenters. The van der Waals surface area contributed by atoms with Gasteiger partial charge in [0.1, 0.15) is 0 Å². The van der Waals surface area contributed by atoms with Gasteiger partial charge in [0.25, 0.3) is 0 Å². The Bertz CT molecular complexity index is 688. The van der Waals surface area contributed by atoms with Gasteiger partial charge in [-0.05, 0) is 32.3 Å². The van der Waals surface area contributed by atoms with Crippen LogP contribution in [0.15, 0.2) is 24.3 Å². The van der Waals surface area contributed by atoms with Crippen molar-refractivity contribution in [3.05, 3.63) is 29.8 Å². The number of sulfonamides is 1. The van der Waals surface area contributed by atoms with Gasteiger partial charge in [0.2, 0.25) is 15.9 Å². The number of hydrogen-bond acceptors (Lipinski definition) is 6. The quantitative estimate of drug-likeness (QED) is 0.670. The standard InChI is InChI=1S/C15H23N3O5S/c1-17(2)8-9-18(24(4,21)22)11-14(19)16-13-7-5-6-12(10-13)15(20)23-3/h5-7,10H,8-9,11H2,1-4H3,(H,16,19). The first-order valence-electron chi connectivity index (χ1n) is 7.21. The number of amides is 1. The molecular formula is C15H23N3O5S. The van der Waals surface area contributed by atoms with E-state index < -0.39 is 21.9 Å². The second-order valence-corrected chi connectivity index (χ2v) is 7.50. The molecule has 0 spiro atoms. The van der Waals surface area contributed by atoms with Crippen LogP contribution in [0, 0.1) is 0 Å². The third kappa shape index (κ3) is 6.65. The van der Waals surface area contributed by atoms with E-state index in [1.54, 1.807) is 18.2 Å². The predicted molar refractivity (Wildman–Crippen MR) is 91.4 cm³/mol. The van der Waals surface area contributed by atoms with Gasteiger partial charge in [-0.15, -0.1) is 0 Å². The molecule has 1 aromatic carbocycles. The van der Waals surface area contributed by atoms with Crippen molar-refractivity contribution >= 4 is 27.6 Å². The van der Waals surface area contributed by atoms with Gasteiger partial charge < -0.3 is 15.0 Å². The first-order chi connectivity index (χ1) is 11.1. The number of likely N-dealkylation sites (N-methyl/N-ethyl adjacent to an activating group) is 1. The maximum Gasteiger partial charge on any atom is 0.337 e. The molecule has 0 aliphatic carbocycles. The molecule has 24 heavy (non-hydrogen) atoms. The van der Waals surface area contributed by atoms with E-state index in [2.05, 4.69) is 10.1 Å². The molecule has 1 rings (SSSR count). The first kappa shape index (κ1) is 20.1. The fourth-order valence-corrected chi connectivity index (χ4v) is 2.64. The van der Waals surface area contributed by atoms with Gasteiger partial charge in [-0.3, -0.25) is 4.79 Å². The van der Waals surface area contributed by atoms with Crippen molar-refractivity contribution in [1.82, 2.24) is 9.21 Å². The fourth-order valence-electron chi connectivity index (χ4n) is 1.88. The summed E-state index contributed by atoms with van der Waals surface area (Å²) in [5.41, 5.74) is 0.687. The monoisotopic (exact) mass is 357 g/mol. The lowest BCUT2D eigenvalue weighted by atomic mass is 10.2. The molecule has 0 aliphatic heterocycles. The summed E-state index contributed by atoms with van der Waals surface area (Å²) in [5.74, 6) is -1.00. The minimum Gasteiger partial charge on any atom is -0.465 e. The fraction of sp³-hybridized carbons (Fsp3) is 0.467. The molecule has 0 aromatic heterocycles. The number of nitrogens with one attached hydrogen (secondary N) is 1. The Morgan fingerprint density at radius 1 is 1.21 bits per heavy atom. The molecule has 0 atom stereocenters. The van der Waals surface area contributed by atoms with Gasteiger partial charge in [-0.2, -0.15) is 4.31 Å². The molecule has 0 heterocycles. The molecule has 134 valence electrons. The molecule has 9 heteroatoms. The van der Waals surface area contributed by atoms with Crippen molar-refractivity contribution in [3.63, 3.8) is 0 Å². The Kier molecular flexibility index (Phi) is 7.33. The highest BCUT2D eigenvalue weighted by Gasteiger charge is 2.20. The molecule has 0 bridgehead atoms. The summed E-state index contributed by atoms with van der Waals surface area (Å²) in [6.07, 6.45) is 1.06. The minimum absolute atomic E-state index is 0.210. The van der Waals surface area contributed by atoms with E-state index in [-0.39, 0.29) is 13.1 Å². The summed E-state index contributed by atoms with van der Waals surface area (Å²) in [4.78, 5) is 25.4. The van der Waals surface area contributed by atoms with Crippen molar-refractivity contribution in [2.24, 2.45) is 0 Å². The zero-order valence-electron chi connectivity index (χ0n) is 14.3. The molecule has 0 saturated heterocycles. The highest BCUT2D eigenvalue weighted by molar-refractivity contribution is 7.88. The average molecular weight is 357 g/mol. The number of carbonyl (C=O) groups excluding carboxylic acids is 2. The maximum absolute atomic E-state index is 12.1. The van der Waals surface area contributed by atoms with Crippen LogP contribution in [0.4, 0.5) is 5.69 Å². The summed E-state index contributed by atoms with van der Waals surface area (Å²) >= 11 is 0. The number of hydrogen-bond donors (Lipinski definition) is 1. The van der Waals surface area contributed by atoms with E-state index in [1.165, 1.54) is 13.2 Å². The van der Waals surface area contributed by atoms with Crippen LogP contribution in [0.2, 0.25) is 0 Å². The molecule has 0 aliphatic rings. The molecule has 1 aromatic rings. The molecular weight excluding hydrogens is 334 g/mol. The number of carbonyl (C=O) groups is 2. The van der Waals surface area contributed by atoms with E-state index in [1.807, 2.05) is 19.0 Å². The van der Waals surface area contributed by atoms with Gasteiger partial charge in [-0.25, -0.2) is 13.2 Å². The second-order valence-electron chi connectivity index (χ2n) is 5.52. The highest BCUT2D eigenvalue weighted by Crippen LogP contribution is 2.12. The number of methoxy groups -OCH3 is 1. The van der Waals surface area contributed by atoms with Crippen LogP contribution in [0.5, 0.6) is 0 Å². The van der Waals surface area contributed by atoms with E-state index in [4.69, 9.17) is 0 Å². The summed E-state index contributed by atoms with van der Waals surface area (Å²) in [5, 5.41) is 2.59. The third-order valence-electron chi connectivity index (χ3n) is 3.15. The largest absolute Gasteiger partial charge is 0.465 e. The highest BCUT2D eigenvalue weighted by atomic mass is 32.2. The number of benzene rings is 1. The smallest absolute Gasteiger partial charge is 0.337 e. The predicted octanol–water partition coefficient (Wildman–Crippen LogP) is 0.235. The Morgan fingerprint density at radius 3 is 2.42 bits per heavy atom. The van der Waals surface area contributed by atoms with Gasteiger partial charge in [0.05, 0.1) is 25.5 Å². The molecule has 8 nitrogen and oxygen atoms in total. The third-order valence-corrected chi connectivity index (χ3v) is 4.40. The molecule has 0 fully saturated rings. The van der Waals surface area contributed by atoms with Crippen molar-refractivity contribution in [2.75, 3.05) is 52.4 Å². The lowest BCUT2D eigenvalue weighted by Crippen LogP contribution is -2.41. The lowest BCUT2D eigenvalue weighted by molar-refractivity contribution is -0.116. The maximum atomic E-state index is 12.1. The number of rotatable bonds is 8. The van der Waals surface area contributed by atoms with Crippen molar-refractivity contribution in [3.8, 4) is 0 Å². The van der Waals surface area contributed by atoms with Crippen LogP contribution in [-0.2, 0) is 19.6 Å². The Morgan fingerprint density at radius 2 is 1.88 bits per heavy atom. The van der Waals surface area contributed by atoms with Gasteiger partial charge in [0.15, 0.2) is 0 Å². The number of ether oxygens (including phenoxy) is 1. The van der Waals surface area contributed by atoms with Crippen molar-refractivity contribution in [2.45, 2.75) is 0 Å². The number of nitrogens with zero attached hydrogens (tertiary/aromatic N) is 2. The van der Waals surface area contributed by atoms with Crippen LogP contribution >= 0.6 is 0 Å². The summed E-state index contributed by atoms with van der Waals surface area (Å²) in [6, 6.07) is 6.23. The molecule has 1 N–H and O–H groups in total. The zero-order valence-corrected chi connectivity index (χ0v) is 15.1. The van der Waals surface area contributed by atoms with Crippen LogP contribution < -0.4 is 5.32 Å². The molecule has 0 radical (unpaired) electrons. The number of anilines is 1. The Hall–Kier alpha value is -1.97.